The van der Waals surface area contributed by atoms with E-state index in [1.54, 1.807) is 0 Å². The Morgan fingerprint density at radius 3 is 2.21 bits per heavy atom. The van der Waals surface area contributed by atoms with Crippen LogP contribution in [0.4, 0.5) is 0 Å². The zero-order valence-corrected chi connectivity index (χ0v) is 13.9. The summed E-state index contributed by atoms with van der Waals surface area (Å²) in [6.07, 6.45) is 0. The zero-order valence-electron chi connectivity index (χ0n) is 12.0. The molecular formula is C14H24O3SSi. The summed E-state index contributed by atoms with van der Waals surface area (Å²) < 4.78 is 17.7. The molecule has 0 atom stereocenters. The molecular weight excluding hydrogens is 276 g/mol. The minimum atomic E-state index is -2.58. The fourth-order valence-electron chi connectivity index (χ4n) is 1.88. The molecule has 1 rings (SSSR count). The Kier molecular flexibility index (Phi) is 7.71. The average molecular weight is 300 g/mol. The van der Waals surface area contributed by atoms with Gasteiger partial charge in [0.05, 0.1) is 6.61 Å². The van der Waals surface area contributed by atoms with Gasteiger partial charge in [-0.05, 0) is 37.7 Å². The minimum absolute atomic E-state index is 0.534. The predicted molar refractivity (Wildman–Crippen MR) is 83.6 cm³/mol. The lowest BCUT2D eigenvalue weighted by Gasteiger charge is -2.28. The third-order valence-electron chi connectivity index (χ3n) is 2.86. The molecule has 3 nitrogen and oxygen atoms in total. The third kappa shape index (κ3) is 5.28. The van der Waals surface area contributed by atoms with Gasteiger partial charge in [-0.2, -0.15) is 12.6 Å². The Hall–Kier alpha value is -0.333. The summed E-state index contributed by atoms with van der Waals surface area (Å²) in [5.74, 6) is 0.708. The van der Waals surface area contributed by atoms with E-state index in [9.17, 15) is 0 Å². The van der Waals surface area contributed by atoms with Crippen LogP contribution >= 0.6 is 12.6 Å². The summed E-state index contributed by atoms with van der Waals surface area (Å²) in [6, 6.07) is 8.95. The van der Waals surface area contributed by atoms with Gasteiger partial charge in [-0.1, -0.05) is 24.3 Å². The highest BCUT2D eigenvalue weighted by atomic mass is 32.1. The molecule has 0 bridgehead atoms. The van der Waals surface area contributed by atoms with Crippen LogP contribution in [0.3, 0.4) is 0 Å². The first-order chi connectivity index (χ1) is 9.17. The molecule has 0 saturated carbocycles. The third-order valence-corrected chi connectivity index (χ3v) is 6.40. The molecule has 1 aromatic rings. The molecule has 0 unspecified atom stereocenters. The van der Waals surface area contributed by atoms with Gasteiger partial charge in [0.1, 0.15) is 0 Å². The smallest absolute Gasteiger partial charge is 0.374 e. The van der Waals surface area contributed by atoms with E-state index in [-0.39, 0.29) is 0 Å². The molecule has 0 aliphatic rings. The number of benzene rings is 1. The van der Waals surface area contributed by atoms with Crippen LogP contribution in [0.2, 0.25) is 6.04 Å². The lowest BCUT2D eigenvalue weighted by Crippen LogP contribution is -2.46. The van der Waals surface area contributed by atoms with E-state index < -0.39 is 8.80 Å². The number of rotatable bonds is 9. The predicted octanol–water partition coefficient (Wildman–Crippen LogP) is 3.45. The second-order valence-electron chi connectivity index (χ2n) is 4.24. The lowest BCUT2D eigenvalue weighted by atomic mass is 10.1. The summed E-state index contributed by atoms with van der Waals surface area (Å²) in [7, 11) is -2.58. The van der Waals surface area contributed by atoms with Crippen LogP contribution in [0.1, 0.15) is 25.0 Å². The monoisotopic (exact) mass is 300 g/mol. The van der Waals surface area contributed by atoms with Crippen molar-refractivity contribution in [2.75, 3.05) is 19.0 Å². The second kappa shape index (κ2) is 8.76. The Morgan fingerprint density at radius 2 is 1.68 bits per heavy atom. The lowest BCUT2D eigenvalue weighted by molar-refractivity contribution is 0.0626. The van der Waals surface area contributed by atoms with Crippen molar-refractivity contribution in [2.24, 2.45) is 0 Å². The van der Waals surface area contributed by atoms with Crippen molar-refractivity contribution >= 4 is 21.4 Å². The quantitative estimate of drug-likeness (QED) is 0.559. The van der Waals surface area contributed by atoms with E-state index in [4.69, 9.17) is 13.3 Å². The van der Waals surface area contributed by atoms with E-state index in [0.717, 1.165) is 6.04 Å². The van der Waals surface area contributed by atoms with Gasteiger partial charge in [-0.15, -0.1) is 0 Å². The molecule has 108 valence electrons. The highest BCUT2D eigenvalue weighted by Gasteiger charge is 2.39. The van der Waals surface area contributed by atoms with Gasteiger partial charge in [0.2, 0.25) is 0 Å². The minimum Gasteiger partial charge on any atom is -0.374 e. The number of aryl methyl sites for hydroxylation is 1. The molecule has 5 heteroatoms. The maximum Gasteiger partial charge on any atom is 0.502 e. The fraction of sp³-hybridized carbons (Fsp3) is 0.571. The highest BCUT2D eigenvalue weighted by Crippen LogP contribution is 2.20. The van der Waals surface area contributed by atoms with Crippen molar-refractivity contribution in [2.45, 2.75) is 33.4 Å². The number of hydrogen-bond acceptors (Lipinski definition) is 4. The van der Waals surface area contributed by atoms with Crippen molar-refractivity contribution in [1.29, 1.82) is 0 Å². The normalized spacial score (nSPS) is 11.8. The van der Waals surface area contributed by atoms with Crippen LogP contribution in [0, 0.1) is 6.92 Å². The molecule has 0 aliphatic heterocycles. The van der Waals surface area contributed by atoms with E-state index >= 15 is 0 Å². The summed E-state index contributed by atoms with van der Waals surface area (Å²) in [5, 5.41) is 0. The SMILES string of the molecule is CCO[Si](CCS)(OCC)OCc1ccccc1C. The van der Waals surface area contributed by atoms with E-state index in [0.29, 0.717) is 25.6 Å². The molecule has 0 heterocycles. The van der Waals surface area contributed by atoms with E-state index in [1.807, 2.05) is 26.0 Å². The van der Waals surface area contributed by atoms with Gasteiger partial charge in [-0.25, -0.2) is 0 Å². The molecule has 0 aromatic heterocycles. The van der Waals surface area contributed by atoms with Crippen molar-refractivity contribution in [3.05, 3.63) is 35.4 Å². The van der Waals surface area contributed by atoms with Gasteiger partial charge >= 0.3 is 8.80 Å². The van der Waals surface area contributed by atoms with Gasteiger partial charge in [0.15, 0.2) is 0 Å². The standard InChI is InChI=1S/C14H24O3SSi/c1-4-15-19(11-10-18,16-5-2)17-12-14-9-7-6-8-13(14)3/h6-9,18H,4-5,10-12H2,1-3H3. The first-order valence-electron chi connectivity index (χ1n) is 6.74. The highest BCUT2D eigenvalue weighted by molar-refractivity contribution is 7.80. The maximum atomic E-state index is 6.06. The summed E-state index contributed by atoms with van der Waals surface area (Å²) in [4.78, 5) is 0. The summed E-state index contributed by atoms with van der Waals surface area (Å²) >= 11 is 4.29. The van der Waals surface area contributed by atoms with E-state index in [1.165, 1.54) is 11.1 Å². The fourth-order valence-corrected chi connectivity index (χ4v) is 4.91. The van der Waals surface area contributed by atoms with Gasteiger partial charge in [0.25, 0.3) is 0 Å². The van der Waals surface area contributed by atoms with Crippen LogP contribution in [-0.2, 0) is 19.9 Å². The molecule has 0 aliphatic carbocycles. The Bertz CT molecular complexity index is 356. The average Bonchev–Trinajstić information content (AvgIpc) is 2.39. The molecule has 0 saturated heterocycles. The van der Waals surface area contributed by atoms with Crippen molar-refractivity contribution in [3.8, 4) is 0 Å². The Morgan fingerprint density at radius 1 is 1.05 bits per heavy atom. The Balaban J connectivity index is 2.73. The topological polar surface area (TPSA) is 27.7 Å². The van der Waals surface area contributed by atoms with Crippen LogP contribution in [0.15, 0.2) is 24.3 Å². The second-order valence-corrected chi connectivity index (χ2v) is 7.42. The van der Waals surface area contributed by atoms with Gasteiger partial charge < -0.3 is 13.3 Å². The summed E-state index contributed by atoms with van der Waals surface area (Å²) in [5.41, 5.74) is 2.40. The van der Waals surface area contributed by atoms with Crippen LogP contribution in [-0.4, -0.2) is 27.8 Å². The molecule has 0 fully saturated rings. The van der Waals surface area contributed by atoms with Crippen molar-refractivity contribution in [1.82, 2.24) is 0 Å². The molecule has 1 aromatic carbocycles. The molecule has 19 heavy (non-hydrogen) atoms. The molecule has 0 amide bonds. The Labute approximate surface area is 123 Å². The molecule has 0 N–H and O–H groups in total. The van der Waals surface area contributed by atoms with E-state index in [2.05, 4.69) is 31.7 Å². The zero-order chi connectivity index (χ0) is 14.1. The molecule has 0 radical (unpaired) electrons. The first kappa shape index (κ1) is 16.7. The van der Waals surface area contributed by atoms with Gasteiger partial charge in [-0.3, -0.25) is 0 Å². The largest absolute Gasteiger partial charge is 0.502 e. The van der Waals surface area contributed by atoms with Gasteiger partial charge in [0, 0.05) is 19.3 Å². The molecule has 0 spiro atoms. The van der Waals surface area contributed by atoms with Crippen LogP contribution in [0.5, 0.6) is 0 Å². The summed E-state index contributed by atoms with van der Waals surface area (Å²) in [6.45, 7) is 7.77. The first-order valence-corrected chi connectivity index (χ1v) is 9.31. The number of thiol groups is 1. The van der Waals surface area contributed by atoms with Crippen LogP contribution in [0.25, 0.3) is 0 Å². The number of hydrogen-bond donors (Lipinski definition) is 1. The van der Waals surface area contributed by atoms with Crippen molar-refractivity contribution in [3.63, 3.8) is 0 Å². The van der Waals surface area contributed by atoms with Crippen LogP contribution < -0.4 is 0 Å². The maximum absolute atomic E-state index is 6.06. The van der Waals surface area contributed by atoms with Crippen molar-refractivity contribution < 1.29 is 13.3 Å².